The minimum atomic E-state index is -1.17. The standard InChI is InChI=1S/C34H42F2N4O5.ClH/c1-5-10-40(11-6-2)34(43)27-17-25(22(3)39-44)16-26(18-27)33(42)38-31(15-24-12-28(35)19-29(36)13-24)32(41)21-37-20-23-8-7-9-30(14-23)45-4;/h7-9,12-14,16-19,31-32,37,41,44H,5-6,10-11,15,20-21H2,1-4H3,(H,38,42);1H/b39-22+;/t31-,32+;/m0./s1. The third-order valence-corrected chi connectivity index (χ3v) is 7.26. The summed E-state index contributed by atoms with van der Waals surface area (Å²) in [6.07, 6.45) is 0.260. The number of ether oxygens (including phenoxy) is 1. The molecule has 2 atom stereocenters. The summed E-state index contributed by atoms with van der Waals surface area (Å²) >= 11 is 0. The van der Waals surface area contributed by atoms with Gasteiger partial charge in [-0.2, -0.15) is 0 Å². The van der Waals surface area contributed by atoms with E-state index in [9.17, 15) is 28.7 Å². The molecule has 12 heteroatoms. The molecule has 0 aliphatic heterocycles. The SMILES string of the molecule is CCCN(CCC)C(=O)c1cc(C(=O)N[C@@H](Cc2cc(F)cc(F)c2)[C@H](O)CNCc2cccc(OC)c2)cc(/C(C)=N/O)c1.Cl. The number of carbonyl (C=O) groups is 2. The molecule has 0 aliphatic carbocycles. The molecule has 0 radical (unpaired) electrons. The summed E-state index contributed by atoms with van der Waals surface area (Å²) in [5, 5.41) is 29.8. The van der Waals surface area contributed by atoms with Crippen molar-refractivity contribution in [2.75, 3.05) is 26.7 Å². The Morgan fingerprint density at radius 2 is 1.57 bits per heavy atom. The highest BCUT2D eigenvalue weighted by atomic mass is 35.5. The van der Waals surface area contributed by atoms with Gasteiger partial charge in [0.1, 0.15) is 17.4 Å². The number of aliphatic hydroxyl groups is 1. The molecule has 250 valence electrons. The second kappa shape index (κ2) is 18.8. The van der Waals surface area contributed by atoms with E-state index in [0.717, 1.165) is 36.6 Å². The number of aliphatic hydroxyl groups excluding tert-OH is 1. The van der Waals surface area contributed by atoms with Crippen LogP contribution in [0.4, 0.5) is 8.78 Å². The molecule has 0 bridgehead atoms. The predicted molar refractivity (Wildman–Crippen MR) is 176 cm³/mol. The van der Waals surface area contributed by atoms with E-state index in [0.29, 0.717) is 30.9 Å². The molecule has 0 spiro atoms. The van der Waals surface area contributed by atoms with Crippen LogP contribution in [0.1, 0.15) is 71.0 Å². The molecule has 0 fully saturated rings. The van der Waals surface area contributed by atoms with Crippen molar-refractivity contribution in [3.63, 3.8) is 0 Å². The first kappa shape index (κ1) is 38.1. The van der Waals surface area contributed by atoms with E-state index >= 15 is 0 Å². The lowest BCUT2D eigenvalue weighted by Gasteiger charge is -2.26. The van der Waals surface area contributed by atoms with Gasteiger partial charge in [0, 0.05) is 48.9 Å². The Labute approximate surface area is 275 Å². The Bertz CT molecular complexity index is 1460. The number of halogens is 3. The largest absolute Gasteiger partial charge is 0.497 e. The highest BCUT2D eigenvalue weighted by Gasteiger charge is 2.25. The summed E-state index contributed by atoms with van der Waals surface area (Å²) in [7, 11) is 1.57. The minimum Gasteiger partial charge on any atom is -0.497 e. The first-order valence-corrected chi connectivity index (χ1v) is 15.0. The van der Waals surface area contributed by atoms with Crippen molar-refractivity contribution in [3.8, 4) is 5.75 Å². The topological polar surface area (TPSA) is 123 Å². The van der Waals surface area contributed by atoms with Crippen molar-refractivity contribution >= 4 is 29.9 Å². The van der Waals surface area contributed by atoms with Crippen molar-refractivity contribution in [1.29, 1.82) is 0 Å². The van der Waals surface area contributed by atoms with Crippen LogP contribution in [0.2, 0.25) is 0 Å². The Hall–Kier alpha value is -4.06. The fraction of sp³-hybridized carbons (Fsp3) is 0.382. The molecule has 46 heavy (non-hydrogen) atoms. The molecule has 3 aromatic rings. The molecule has 0 unspecified atom stereocenters. The third kappa shape index (κ3) is 11.1. The van der Waals surface area contributed by atoms with Crippen molar-refractivity contribution in [2.24, 2.45) is 5.16 Å². The average Bonchev–Trinajstić information content (AvgIpc) is 3.02. The summed E-state index contributed by atoms with van der Waals surface area (Å²) < 4.78 is 33.3. The van der Waals surface area contributed by atoms with E-state index in [-0.39, 0.29) is 53.7 Å². The van der Waals surface area contributed by atoms with Crippen LogP contribution in [0.3, 0.4) is 0 Å². The minimum absolute atomic E-state index is 0. The molecule has 2 amide bonds. The zero-order chi connectivity index (χ0) is 32.9. The number of methoxy groups -OCH3 is 1. The van der Waals surface area contributed by atoms with E-state index in [1.54, 1.807) is 25.0 Å². The summed E-state index contributed by atoms with van der Waals surface area (Å²) in [5.41, 5.74) is 2.05. The van der Waals surface area contributed by atoms with Gasteiger partial charge >= 0.3 is 0 Å². The zero-order valence-electron chi connectivity index (χ0n) is 26.6. The molecule has 0 saturated heterocycles. The van der Waals surface area contributed by atoms with Crippen LogP contribution >= 0.6 is 12.4 Å². The van der Waals surface area contributed by atoms with Crippen LogP contribution in [0.15, 0.2) is 65.8 Å². The lowest BCUT2D eigenvalue weighted by molar-refractivity contribution is 0.0755. The quantitative estimate of drug-likeness (QED) is 0.0934. The molecule has 0 aliphatic rings. The first-order chi connectivity index (χ1) is 21.6. The number of amides is 2. The predicted octanol–water partition coefficient (Wildman–Crippen LogP) is 5.35. The van der Waals surface area contributed by atoms with Crippen molar-refractivity contribution in [2.45, 2.75) is 58.7 Å². The fourth-order valence-corrected chi connectivity index (χ4v) is 4.99. The van der Waals surface area contributed by atoms with Crippen LogP contribution < -0.4 is 15.4 Å². The highest BCUT2D eigenvalue weighted by molar-refractivity contribution is 6.06. The van der Waals surface area contributed by atoms with Gasteiger partial charge in [0.2, 0.25) is 0 Å². The molecule has 9 nitrogen and oxygen atoms in total. The lowest BCUT2D eigenvalue weighted by atomic mass is 9.98. The Morgan fingerprint density at radius 1 is 0.935 bits per heavy atom. The highest BCUT2D eigenvalue weighted by Crippen LogP contribution is 2.18. The number of carbonyl (C=O) groups excluding carboxylic acids is 2. The molecule has 0 heterocycles. The van der Waals surface area contributed by atoms with E-state index < -0.39 is 29.7 Å². The summed E-state index contributed by atoms with van der Waals surface area (Å²) in [4.78, 5) is 28.8. The molecule has 0 aromatic heterocycles. The number of nitrogens with zero attached hydrogens (tertiary/aromatic N) is 2. The second-order valence-electron chi connectivity index (χ2n) is 10.9. The number of benzene rings is 3. The summed E-state index contributed by atoms with van der Waals surface area (Å²) in [6.45, 7) is 6.98. The number of rotatable bonds is 16. The van der Waals surface area contributed by atoms with Crippen LogP contribution in [0.5, 0.6) is 5.75 Å². The van der Waals surface area contributed by atoms with Crippen molar-refractivity contribution in [1.82, 2.24) is 15.5 Å². The van der Waals surface area contributed by atoms with E-state index in [2.05, 4.69) is 15.8 Å². The van der Waals surface area contributed by atoms with Crippen molar-refractivity contribution < 1.29 is 33.4 Å². The van der Waals surface area contributed by atoms with Crippen molar-refractivity contribution in [3.05, 3.63) is 100 Å². The molecule has 3 rings (SSSR count). The maximum absolute atomic E-state index is 14.0. The lowest BCUT2D eigenvalue weighted by Crippen LogP contribution is -2.48. The fourth-order valence-electron chi connectivity index (χ4n) is 4.99. The van der Waals surface area contributed by atoms with E-state index in [1.807, 2.05) is 38.1 Å². The van der Waals surface area contributed by atoms with Gasteiger partial charge in [-0.1, -0.05) is 31.1 Å². The molecule has 3 aromatic carbocycles. The monoisotopic (exact) mass is 660 g/mol. The van der Waals surface area contributed by atoms with Crippen LogP contribution in [0.25, 0.3) is 0 Å². The number of hydrogen-bond donors (Lipinski definition) is 4. The molecule has 4 N–H and O–H groups in total. The number of hydrogen-bond acceptors (Lipinski definition) is 7. The van der Waals surface area contributed by atoms with E-state index in [1.165, 1.54) is 12.1 Å². The Balaban J connectivity index is 0.00000736. The van der Waals surface area contributed by atoms with Gasteiger partial charge in [-0.3, -0.25) is 9.59 Å². The summed E-state index contributed by atoms with van der Waals surface area (Å²) in [5.74, 6) is -1.77. The average molecular weight is 661 g/mol. The number of oxime groups is 1. The van der Waals surface area contributed by atoms with Gasteiger partial charge < -0.3 is 30.6 Å². The van der Waals surface area contributed by atoms with Gasteiger partial charge in [-0.25, -0.2) is 8.78 Å². The van der Waals surface area contributed by atoms with Gasteiger partial charge in [0.15, 0.2) is 0 Å². The van der Waals surface area contributed by atoms with Crippen LogP contribution in [0, 0.1) is 11.6 Å². The van der Waals surface area contributed by atoms with Gasteiger partial charge in [0.05, 0.1) is 25.0 Å². The van der Waals surface area contributed by atoms with Crippen LogP contribution in [-0.4, -0.2) is 71.6 Å². The molecule has 0 saturated carbocycles. The van der Waals surface area contributed by atoms with Gasteiger partial charge in [-0.15, -0.1) is 12.4 Å². The zero-order valence-corrected chi connectivity index (χ0v) is 27.4. The summed E-state index contributed by atoms with van der Waals surface area (Å²) in [6, 6.07) is 14.0. The van der Waals surface area contributed by atoms with Gasteiger partial charge in [-0.05, 0) is 79.8 Å². The third-order valence-electron chi connectivity index (χ3n) is 7.26. The number of nitrogens with one attached hydrogen (secondary N) is 2. The second-order valence-corrected chi connectivity index (χ2v) is 10.9. The molecular weight excluding hydrogens is 618 g/mol. The Morgan fingerprint density at radius 3 is 2.17 bits per heavy atom. The Kier molecular flexibility index (Phi) is 15.6. The maximum atomic E-state index is 14.0. The van der Waals surface area contributed by atoms with Gasteiger partial charge in [0.25, 0.3) is 11.8 Å². The maximum Gasteiger partial charge on any atom is 0.253 e. The molecular formula is C34H43ClF2N4O5. The normalized spacial score (nSPS) is 12.5. The van der Waals surface area contributed by atoms with E-state index in [4.69, 9.17) is 4.74 Å². The van der Waals surface area contributed by atoms with Crippen LogP contribution in [-0.2, 0) is 13.0 Å². The smallest absolute Gasteiger partial charge is 0.253 e. The first-order valence-electron chi connectivity index (χ1n) is 15.0.